The van der Waals surface area contributed by atoms with Crippen LogP contribution in [-0.4, -0.2) is 0 Å². The maximum absolute atomic E-state index is 5.43. The summed E-state index contributed by atoms with van der Waals surface area (Å²) in [5.74, 6) is 0. The summed E-state index contributed by atoms with van der Waals surface area (Å²) >= 11 is 2.13. The molecule has 50 valence electrons. The molecule has 1 rings (SSSR count). The third-order valence-electron chi connectivity index (χ3n) is 1.26. The molecule has 0 fully saturated rings. The maximum atomic E-state index is 5.43. The van der Waals surface area contributed by atoms with Crippen LogP contribution in [-0.2, 0) is 6.54 Å². The lowest BCUT2D eigenvalue weighted by atomic mass is 10.2. The highest BCUT2D eigenvalue weighted by Crippen LogP contribution is 2.16. The van der Waals surface area contributed by atoms with Crippen molar-refractivity contribution in [2.75, 3.05) is 0 Å². The first-order chi connectivity index (χ1) is 4.25. The van der Waals surface area contributed by atoms with Gasteiger partial charge in [0.2, 0.25) is 0 Å². The Hall–Kier alpha value is -0.0300. The van der Waals surface area contributed by atoms with Crippen LogP contribution in [0.5, 0.6) is 0 Å². The van der Waals surface area contributed by atoms with Crippen LogP contribution >= 0.6 is 22.6 Å². The monoisotopic (exact) mass is 237 g/mol. The third-order valence-corrected chi connectivity index (χ3v) is 2.16. The van der Waals surface area contributed by atoms with Crippen molar-refractivity contribution in [2.45, 2.75) is 13.5 Å². The number of aryl methyl sites for hydroxylation is 1. The molecule has 3 heteroatoms. The van der Waals surface area contributed by atoms with E-state index in [2.05, 4.69) is 22.6 Å². The Morgan fingerprint density at radius 1 is 1.78 bits per heavy atom. The smallest absolute Gasteiger partial charge is 0.168 e. The van der Waals surface area contributed by atoms with Crippen LogP contribution in [0.15, 0.2) is 10.7 Å². The van der Waals surface area contributed by atoms with E-state index in [4.69, 9.17) is 10.2 Å². The van der Waals surface area contributed by atoms with E-state index in [1.165, 1.54) is 0 Å². The molecule has 9 heavy (non-hydrogen) atoms. The van der Waals surface area contributed by atoms with Crippen molar-refractivity contribution in [2.24, 2.45) is 5.73 Å². The molecule has 2 N–H and O–H groups in total. The minimum Gasteiger partial charge on any atom is -0.458 e. The average Bonchev–Trinajstić information content (AvgIpc) is 2.12. The molecule has 0 unspecified atom stereocenters. The van der Waals surface area contributed by atoms with Crippen LogP contribution < -0.4 is 5.73 Å². The van der Waals surface area contributed by atoms with E-state index in [0.717, 1.165) is 14.9 Å². The molecule has 0 aliphatic carbocycles. The van der Waals surface area contributed by atoms with Gasteiger partial charge >= 0.3 is 0 Å². The molecule has 0 saturated heterocycles. The van der Waals surface area contributed by atoms with Gasteiger partial charge in [0.1, 0.15) is 0 Å². The first kappa shape index (κ1) is 7.08. The van der Waals surface area contributed by atoms with Crippen molar-refractivity contribution in [1.29, 1.82) is 0 Å². The van der Waals surface area contributed by atoms with Gasteiger partial charge < -0.3 is 10.2 Å². The number of halogens is 1. The summed E-state index contributed by atoms with van der Waals surface area (Å²) < 4.78 is 6.00. The summed E-state index contributed by atoms with van der Waals surface area (Å²) in [5, 5.41) is 0. The molecular weight excluding hydrogens is 229 g/mol. The normalized spacial score (nSPS) is 10.1. The van der Waals surface area contributed by atoms with Crippen molar-refractivity contribution >= 4 is 22.6 Å². The van der Waals surface area contributed by atoms with Crippen molar-refractivity contribution in [1.82, 2.24) is 0 Å². The van der Waals surface area contributed by atoms with Crippen LogP contribution in [0.25, 0.3) is 0 Å². The fourth-order valence-electron chi connectivity index (χ4n) is 0.679. The maximum Gasteiger partial charge on any atom is 0.168 e. The summed E-state index contributed by atoms with van der Waals surface area (Å²) in [6.45, 7) is 2.56. The number of hydrogen-bond donors (Lipinski definition) is 1. The molecule has 0 aliphatic heterocycles. The van der Waals surface area contributed by atoms with E-state index in [1.54, 1.807) is 6.26 Å². The Labute approximate surface area is 67.6 Å². The number of hydrogen-bond acceptors (Lipinski definition) is 2. The van der Waals surface area contributed by atoms with Gasteiger partial charge in [-0.25, -0.2) is 0 Å². The molecule has 1 aromatic heterocycles. The van der Waals surface area contributed by atoms with Crippen molar-refractivity contribution in [3.63, 3.8) is 0 Å². The molecule has 0 bridgehead atoms. The number of rotatable bonds is 1. The van der Waals surface area contributed by atoms with Crippen LogP contribution in [0, 0.1) is 10.7 Å². The van der Waals surface area contributed by atoms with Gasteiger partial charge in [0.25, 0.3) is 0 Å². The van der Waals surface area contributed by atoms with Gasteiger partial charge in [0.15, 0.2) is 3.77 Å². The molecule has 0 saturated carbocycles. The quantitative estimate of drug-likeness (QED) is 0.754. The Balaban J connectivity index is 3.07. The van der Waals surface area contributed by atoms with Gasteiger partial charge in [-0.05, 0) is 35.1 Å². The lowest BCUT2D eigenvalue weighted by Crippen LogP contribution is -1.97. The number of furan rings is 1. The second-order valence-electron chi connectivity index (χ2n) is 1.88. The lowest BCUT2D eigenvalue weighted by molar-refractivity contribution is 0.532. The first-order valence-electron chi connectivity index (χ1n) is 2.68. The highest BCUT2D eigenvalue weighted by molar-refractivity contribution is 14.1. The molecule has 0 aliphatic rings. The zero-order valence-corrected chi connectivity index (χ0v) is 7.31. The van der Waals surface area contributed by atoms with Crippen LogP contribution in [0.4, 0.5) is 0 Å². The molecule has 0 radical (unpaired) electrons. The Morgan fingerprint density at radius 2 is 2.44 bits per heavy atom. The SMILES string of the molecule is Cc1coc(I)c1CN. The highest BCUT2D eigenvalue weighted by atomic mass is 127. The topological polar surface area (TPSA) is 39.2 Å². The first-order valence-corrected chi connectivity index (χ1v) is 3.76. The minimum absolute atomic E-state index is 0.570. The van der Waals surface area contributed by atoms with E-state index in [-0.39, 0.29) is 0 Å². The van der Waals surface area contributed by atoms with Crippen LogP contribution in [0.1, 0.15) is 11.1 Å². The molecule has 1 aromatic rings. The number of nitrogens with two attached hydrogens (primary N) is 1. The summed E-state index contributed by atoms with van der Waals surface area (Å²) in [5.41, 5.74) is 7.69. The predicted octanol–water partition coefficient (Wildman–Crippen LogP) is 1.65. The van der Waals surface area contributed by atoms with Crippen LogP contribution in [0.2, 0.25) is 0 Å². The van der Waals surface area contributed by atoms with Crippen LogP contribution in [0.3, 0.4) is 0 Å². The van der Waals surface area contributed by atoms with Gasteiger partial charge in [0, 0.05) is 12.1 Å². The van der Waals surface area contributed by atoms with Crippen molar-refractivity contribution in [3.05, 3.63) is 21.2 Å². The zero-order valence-electron chi connectivity index (χ0n) is 5.15. The van der Waals surface area contributed by atoms with Crippen molar-refractivity contribution < 1.29 is 4.42 Å². The minimum atomic E-state index is 0.570. The molecule has 0 atom stereocenters. The second-order valence-corrected chi connectivity index (χ2v) is 2.85. The molecule has 0 spiro atoms. The predicted molar refractivity (Wildman–Crippen MR) is 44.1 cm³/mol. The zero-order chi connectivity index (χ0) is 6.85. The highest BCUT2D eigenvalue weighted by Gasteiger charge is 2.03. The van der Waals surface area contributed by atoms with Gasteiger partial charge in [-0.3, -0.25) is 0 Å². The van der Waals surface area contributed by atoms with E-state index in [0.29, 0.717) is 6.54 Å². The average molecular weight is 237 g/mol. The molecular formula is C6H8INO. The summed E-state index contributed by atoms with van der Waals surface area (Å²) in [6, 6.07) is 0. The molecule has 1 heterocycles. The molecule has 2 nitrogen and oxygen atoms in total. The van der Waals surface area contributed by atoms with Gasteiger partial charge in [-0.15, -0.1) is 0 Å². The van der Waals surface area contributed by atoms with Gasteiger partial charge in [-0.2, -0.15) is 0 Å². The largest absolute Gasteiger partial charge is 0.458 e. The summed E-state index contributed by atoms with van der Waals surface area (Å²) in [6.07, 6.45) is 1.73. The standard InChI is InChI=1S/C6H8INO/c1-4-3-9-6(7)5(4)2-8/h3H,2,8H2,1H3. The summed E-state index contributed by atoms with van der Waals surface area (Å²) in [4.78, 5) is 0. The Morgan fingerprint density at radius 3 is 2.67 bits per heavy atom. The molecule has 0 amide bonds. The lowest BCUT2D eigenvalue weighted by Gasteiger charge is -1.90. The van der Waals surface area contributed by atoms with E-state index < -0.39 is 0 Å². The van der Waals surface area contributed by atoms with E-state index in [9.17, 15) is 0 Å². The fraction of sp³-hybridized carbons (Fsp3) is 0.333. The fourth-order valence-corrected chi connectivity index (χ4v) is 1.45. The Kier molecular flexibility index (Phi) is 2.13. The van der Waals surface area contributed by atoms with Crippen molar-refractivity contribution in [3.8, 4) is 0 Å². The summed E-state index contributed by atoms with van der Waals surface area (Å²) in [7, 11) is 0. The Bertz CT molecular complexity index is 187. The second kappa shape index (κ2) is 2.70. The van der Waals surface area contributed by atoms with E-state index >= 15 is 0 Å². The third kappa shape index (κ3) is 1.27. The molecule has 0 aromatic carbocycles. The van der Waals surface area contributed by atoms with Gasteiger partial charge in [0.05, 0.1) is 6.26 Å². The van der Waals surface area contributed by atoms with E-state index in [1.807, 2.05) is 6.92 Å². The van der Waals surface area contributed by atoms with Gasteiger partial charge in [-0.1, -0.05) is 0 Å².